The molecule has 0 saturated carbocycles. The van der Waals surface area contributed by atoms with Gasteiger partial charge in [-0.15, -0.1) is 11.8 Å². The van der Waals surface area contributed by atoms with Crippen LogP contribution in [0.25, 0.3) is 0 Å². The van der Waals surface area contributed by atoms with Crippen molar-refractivity contribution in [1.29, 1.82) is 0 Å². The second-order valence-corrected chi connectivity index (χ2v) is 7.58. The normalized spacial score (nSPS) is 17.3. The highest BCUT2D eigenvalue weighted by Crippen LogP contribution is 2.45. The van der Waals surface area contributed by atoms with Gasteiger partial charge in [0.15, 0.2) is 11.5 Å². The third kappa shape index (κ3) is 5.23. The second-order valence-electron chi connectivity index (χ2n) is 6.39. The minimum absolute atomic E-state index is 0.0716. The smallest absolute Gasteiger partial charge is 0.224 e. The van der Waals surface area contributed by atoms with Gasteiger partial charge in [-0.3, -0.25) is 4.79 Å². The lowest BCUT2D eigenvalue weighted by atomic mass is 10.1. The largest absolute Gasteiger partial charge is 0.496 e. The minimum Gasteiger partial charge on any atom is -0.496 e. The Balaban J connectivity index is 2.26. The lowest BCUT2D eigenvalue weighted by Gasteiger charge is -2.36. The molecule has 0 radical (unpaired) electrons. The molecule has 0 aromatic heterocycles. The van der Waals surface area contributed by atoms with Crippen molar-refractivity contribution in [3.05, 3.63) is 17.7 Å². The zero-order valence-electron chi connectivity index (χ0n) is 17.1. The van der Waals surface area contributed by atoms with Crippen LogP contribution in [-0.4, -0.2) is 69.0 Å². The van der Waals surface area contributed by atoms with Crippen LogP contribution in [0.4, 0.5) is 0 Å². The topological polar surface area (TPSA) is 51.2 Å². The molecule has 152 valence electrons. The molecule has 27 heavy (non-hydrogen) atoms. The summed E-state index contributed by atoms with van der Waals surface area (Å²) < 4.78 is 16.5. The molecule has 7 heteroatoms. The number of methoxy groups -OCH3 is 3. The monoisotopic (exact) mass is 396 g/mol. The van der Waals surface area contributed by atoms with E-state index in [-0.39, 0.29) is 11.3 Å². The summed E-state index contributed by atoms with van der Waals surface area (Å²) in [5.74, 6) is 3.00. The van der Waals surface area contributed by atoms with Gasteiger partial charge >= 0.3 is 0 Å². The van der Waals surface area contributed by atoms with Crippen molar-refractivity contribution in [1.82, 2.24) is 9.80 Å². The maximum atomic E-state index is 12.7. The number of hydrogen-bond donors (Lipinski definition) is 0. The van der Waals surface area contributed by atoms with E-state index in [2.05, 4.69) is 18.7 Å². The molecule has 1 aliphatic rings. The van der Waals surface area contributed by atoms with Gasteiger partial charge in [-0.1, -0.05) is 13.8 Å². The summed E-state index contributed by atoms with van der Waals surface area (Å²) in [5, 5.41) is -0.0716. The quantitative estimate of drug-likeness (QED) is 0.604. The van der Waals surface area contributed by atoms with Gasteiger partial charge in [0.2, 0.25) is 5.91 Å². The van der Waals surface area contributed by atoms with Crippen LogP contribution >= 0.6 is 11.8 Å². The first kappa shape index (κ1) is 21.7. The Morgan fingerprint density at radius 1 is 1.07 bits per heavy atom. The zero-order chi connectivity index (χ0) is 19.8. The van der Waals surface area contributed by atoms with Gasteiger partial charge in [0.25, 0.3) is 0 Å². The number of hydrogen-bond acceptors (Lipinski definition) is 6. The standard InChI is InChI=1S/C20H32N2O4S/c1-6-21(7-2)10-8-11-22-19(23)9-12-27-20(22)15-13-17(25-4)18(26-5)14-16(15)24-3/h13-14,20H,6-12H2,1-5H3. The molecule has 0 bridgehead atoms. The Morgan fingerprint density at radius 2 is 1.70 bits per heavy atom. The van der Waals surface area contributed by atoms with Crippen LogP contribution < -0.4 is 14.2 Å². The Hall–Kier alpha value is -1.60. The fourth-order valence-corrected chi connectivity index (χ4v) is 4.65. The average Bonchev–Trinajstić information content (AvgIpc) is 2.71. The molecule has 6 nitrogen and oxygen atoms in total. The molecule has 1 aromatic rings. The molecule has 0 aliphatic carbocycles. The second kappa shape index (κ2) is 10.7. The van der Waals surface area contributed by atoms with Crippen LogP contribution in [0.3, 0.4) is 0 Å². The highest BCUT2D eigenvalue weighted by Gasteiger charge is 2.32. The molecule has 0 N–H and O–H groups in total. The van der Waals surface area contributed by atoms with Crippen LogP contribution in [0, 0.1) is 0 Å². The van der Waals surface area contributed by atoms with Crippen LogP contribution in [0.1, 0.15) is 37.6 Å². The van der Waals surface area contributed by atoms with E-state index >= 15 is 0 Å². The fourth-order valence-electron chi connectivity index (χ4n) is 3.37. The predicted octanol–water partition coefficient (Wildman–Crippen LogP) is 3.41. The fraction of sp³-hybridized carbons (Fsp3) is 0.650. The van der Waals surface area contributed by atoms with Crippen LogP contribution in [0.2, 0.25) is 0 Å². The average molecular weight is 397 g/mol. The van der Waals surface area contributed by atoms with Gasteiger partial charge in [-0.25, -0.2) is 0 Å². The lowest BCUT2D eigenvalue weighted by molar-refractivity contribution is -0.132. The van der Waals surface area contributed by atoms with Gasteiger partial charge < -0.3 is 24.0 Å². The highest BCUT2D eigenvalue weighted by atomic mass is 32.2. The van der Waals surface area contributed by atoms with Gasteiger partial charge in [0, 0.05) is 30.3 Å². The summed E-state index contributed by atoms with van der Waals surface area (Å²) in [6.07, 6.45) is 1.54. The number of thioether (sulfide) groups is 1. The molecule has 1 amide bonds. The number of nitrogens with zero attached hydrogens (tertiary/aromatic N) is 2. The molecule has 1 fully saturated rings. The lowest BCUT2D eigenvalue weighted by Crippen LogP contribution is -2.39. The van der Waals surface area contributed by atoms with Gasteiger partial charge in [-0.05, 0) is 32.1 Å². The van der Waals surface area contributed by atoms with Crippen molar-refractivity contribution >= 4 is 17.7 Å². The number of carbonyl (C=O) groups is 1. The highest BCUT2D eigenvalue weighted by molar-refractivity contribution is 7.99. The molecule has 1 saturated heterocycles. The summed E-state index contributed by atoms with van der Waals surface area (Å²) in [4.78, 5) is 17.0. The van der Waals surface area contributed by atoms with Crippen molar-refractivity contribution in [2.24, 2.45) is 0 Å². The summed E-state index contributed by atoms with van der Waals surface area (Å²) in [6, 6.07) is 3.77. The Kier molecular flexibility index (Phi) is 8.57. The van der Waals surface area contributed by atoms with Crippen LogP contribution in [-0.2, 0) is 4.79 Å². The van der Waals surface area contributed by atoms with Crippen molar-refractivity contribution in [3.8, 4) is 17.2 Å². The SMILES string of the molecule is CCN(CC)CCCN1C(=O)CCSC1c1cc(OC)c(OC)cc1OC. The summed E-state index contributed by atoms with van der Waals surface area (Å²) >= 11 is 1.78. The number of benzene rings is 1. The van der Waals surface area contributed by atoms with E-state index in [4.69, 9.17) is 14.2 Å². The molecular formula is C20H32N2O4S. The van der Waals surface area contributed by atoms with Crippen molar-refractivity contribution in [2.75, 3.05) is 53.3 Å². The number of amides is 1. The van der Waals surface area contributed by atoms with E-state index < -0.39 is 0 Å². The summed E-state index contributed by atoms with van der Waals surface area (Å²) in [5.41, 5.74) is 0.955. The molecule has 1 unspecified atom stereocenters. The zero-order valence-corrected chi connectivity index (χ0v) is 17.9. The van der Waals surface area contributed by atoms with Gasteiger partial charge in [0.1, 0.15) is 11.1 Å². The van der Waals surface area contributed by atoms with Crippen molar-refractivity contribution < 1.29 is 19.0 Å². The number of ether oxygens (including phenoxy) is 3. The minimum atomic E-state index is -0.0716. The Morgan fingerprint density at radius 3 is 2.30 bits per heavy atom. The third-order valence-electron chi connectivity index (χ3n) is 4.96. The Bertz CT molecular complexity index is 622. The molecular weight excluding hydrogens is 364 g/mol. The molecule has 1 aromatic carbocycles. The molecule has 0 spiro atoms. The predicted molar refractivity (Wildman–Crippen MR) is 110 cm³/mol. The molecule has 2 rings (SSSR count). The number of rotatable bonds is 10. The van der Waals surface area contributed by atoms with E-state index in [0.29, 0.717) is 23.7 Å². The van der Waals surface area contributed by atoms with Gasteiger partial charge in [-0.2, -0.15) is 0 Å². The first-order valence-electron chi connectivity index (χ1n) is 9.52. The van der Waals surface area contributed by atoms with E-state index in [1.54, 1.807) is 33.1 Å². The van der Waals surface area contributed by atoms with E-state index in [1.165, 1.54) is 0 Å². The Labute approximate surface area is 167 Å². The molecule has 1 heterocycles. The van der Waals surface area contributed by atoms with E-state index in [1.807, 2.05) is 17.0 Å². The van der Waals surface area contributed by atoms with Gasteiger partial charge in [0.05, 0.1) is 21.3 Å². The van der Waals surface area contributed by atoms with E-state index in [9.17, 15) is 4.79 Å². The summed E-state index contributed by atoms with van der Waals surface area (Å²) in [6.45, 7) is 8.14. The van der Waals surface area contributed by atoms with Crippen molar-refractivity contribution in [3.63, 3.8) is 0 Å². The van der Waals surface area contributed by atoms with Crippen LogP contribution in [0.5, 0.6) is 17.2 Å². The number of carbonyl (C=O) groups excluding carboxylic acids is 1. The van der Waals surface area contributed by atoms with Crippen molar-refractivity contribution in [2.45, 2.75) is 32.1 Å². The van der Waals surface area contributed by atoms with E-state index in [0.717, 1.165) is 43.9 Å². The third-order valence-corrected chi connectivity index (χ3v) is 6.23. The molecule has 1 atom stereocenters. The maximum absolute atomic E-state index is 12.7. The molecule has 1 aliphatic heterocycles. The first-order valence-corrected chi connectivity index (χ1v) is 10.6. The first-order chi connectivity index (χ1) is 13.1. The van der Waals surface area contributed by atoms with Crippen LogP contribution in [0.15, 0.2) is 12.1 Å². The maximum Gasteiger partial charge on any atom is 0.224 e. The summed E-state index contributed by atoms with van der Waals surface area (Å²) in [7, 11) is 4.87.